The van der Waals surface area contributed by atoms with Crippen molar-refractivity contribution in [3.8, 4) is 0 Å². The Morgan fingerprint density at radius 3 is 2.55 bits per heavy atom. The largest absolute Gasteiger partial charge is 0.351 e. The Bertz CT molecular complexity index is 622. The Morgan fingerprint density at radius 2 is 1.95 bits per heavy atom. The average molecular weight is 364 g/mol. The van der Waals surface area contributed by atoms with Gasteiger partial charge < -0.3 is 5.32 Å². The van der Waals surface area contributed by atoms with E-state index < -0.39 is 0 Å². The summed E-state index contributed by atoms with van der Waals surface area (Å²) in [6, 6.07) is 10.3. The van der Waals surface area contributed by atoms with Crippen molar-refractivity contribution >= 4 is 21.8 Å². The van der Waals surface area contributed by atoms with Crippen molar-refractivity contribution in [3.63, 3.8) is 0 Å². The number of rotatable bonds is 6. The van der Waals surface area contributed by atoms with Gasteiger partial charge in [-0.15, -0.1) is 0 Å². The molecule has 2 N–H and O–H groups in total. The molecule has 1 atom stereocenters. The van der Waals surface area contributed by atoms with E-state index in [1.165, 1.54) is 5.56 Å². The number of H-pyrrole nitrogens is 1. The third-order valence-corrected chi connectivity index (χ3v) is 4.56. The topological polar surface area (TPSA) is 57.8 Å². The van der Waals surface area contributed by atoms with Gasteiger partial charge in [-0.05, 0) is 39.8 Å². The summed E-state index contributed by atoms with van der Waals surface area (Å²) >= 11 is 3.46. The van der Waals surface area contributed by atoms with E-state index in [2.05, 4.69) is 64.3 Å². The van der Waals surface area contributed by atoms with Crippen LogP contribution in [0.15, 0.2) is 34.8 Å². The van der Waals surface area contributed by atoms with Gasteiger partial charge in [0.15, 0.2) is 5.69 Å². The molecule has 0 aliphatic carbocycles. The molecule has 118 valence electrons. The van der Waals surface area contributed by atoms with Gasteiger partial charge in [-0.25, -0.2) is 0 Å². The van der Waals surface area contributed by atoms with Crippen LogP contribution < -0.4 is 5.32 Å². The monoisotopic (exact) mass is 363 g/mol. The van der Waals surface area contributed by atoms with Gasteiger partial charge in [-0.1, -0.05) is 51.1 Å². The second-order valence-corrected chi connectivity index (χ2v) is 6.60. The van der Waals surface area contributed by atoms with E-state index in [4.69, 9.17) is 0 Å². The number of amides is 1. The summed E-state index contributed by atoms with van der Waals surface area (Å²) in [5.41, 5.74) is 2.67. The molecular formula is C17H22BrN3O. The molecule has 4 nitrogen and oxygen atoms in total. The molecule has 0 aliphatic rings. The van der Waals surface area contributed by atoms with Gasteiger partial charge in [0.1, 0.15) is 0 Å². The van der Waals surface area contributed by atoms with E-state index in [1.54, 1.807) is 0 Å². The lowest BCUT2D eigenvalue weighted by Gasteiger charge is -2.12. The Labute approximate surface area is 139 Å². The molecule has 0 bridgehead atoms. The molecule has 1 amide bonds. The number of hydrogen-bond acceptors (Lipinski definition) is 2. The summed E-state index contributed by atoms with van der Waals surface area (Å²) in [6.07, 6.45) is 0.898. The first-order chi connectivity index (χ1) is 10.5. The standard InChI is InChI=1S/C17H22BrN3O/c1-11(2)15-14(18)16(21-20-15)17(22)19-10-9-12(3)13-7-5-4-6-8-13/h4-8,11-12H,9-10H2,1-3H3,(H,19,22)(H,20,21). The number of carbonyl (C=O) groups excluding carboxylic acids is 1. The summed E-state index contributed by atoms with van der Waals surface area (Å²) in [6.45, 7) is 6.91. The maximum atomic E-state index is 12.2. The highest BCUT2D eigenvalue weighted by atomic mass is 79.9. The van der Waals surface area contributed by atoms with Gasteiger partial charge in [-0.3, -0.25) is 9.89 Å². The van der Waals surface area contributed by atoms with E-state index in [-0.39, 0.29) is 5.91 Å². The van der Waals surface area contributed by atoms with Crippen LogP contribution in [0.3, 0.4) is 0 Å². The smallest absolute Gasteiger partial charge is 0.272 e. The van der Waals surface area contributed by atoms with Crippen LogP contribution in [0.1, 0.15) is 60.8 Å². The molecule has 0 saturated heterocycles. The predicted octanol–water partition coefficient (Wildman–Crippen LogP) is 4.22. The zero-order valence-electron chi connectivity index (χ0n) is 13.2. The molecule has 0 radical (unpaired) electrons. The highest BCUT2D eigenvalue weighted by Gasteiger charge is 2.19. The van der Waals surface area contributed by atoms with E-state index in [9.17, 15) is 4.79 Å². The number of carbonyl (C=O) groups is 1. The number of hydrogen-bond donors (Lipinski definition) is 2. The van der Waals surface area contributed by atoms with Crippen molar-refractivity contribution in [1.29, 1.82) is 0 Å². The molecule has 0 saturated carbocycles. The van der Waals surface area contributed by atoms with Crippen molar-refractivity contribution in [3.05, 3.63) is 51.8 Å². The Kier molecular flexibility index (Phi) is 5.77. The minimum atomic E-state index is -0.143. The third-order valence-electron chi connectivity index (χ3n) is 3.76. The first kappa shape index (κ1) is 16.7. The van der Waals surface area contributed by atoms with E-state index in [0.717, 1.165) is 16.6 Å². The fourth-order valence-electron chi connectivity index (χ4n) is 2.31. The van der Waals surface area contributed by atoms with E-state index in [1.807, 2.05) is 18.2 Å². The average Bonchev–Trinajstić information content (AvgIpc) is 2.90. The molecule has 0 spiro atoms. The van der Waals surface area contributed by atoms with E-state index in [0.29, 0.717) is 24.1 Å². The second kappa shape index (κ2) is 7.58. The van der Waals surface area contributed by atoms with Gasteiger partial charge in [0, 0.05) is 6.54 Å². The normalized spacial score (nSPS) is 12.4. The zero-order chi connectivity index (χ0) is 16.1. The molecular weight excluding hydrogens is 342 g/mol. The molecule has 2 aromatic rings. The fraction of sp³-hybridized carbons (Fsp3) is 0.412. The van der Waals surface area contributed by atoms with Gasteiger partial charge in [0.25, 0.3) is 5.91 Å². The van der Waals surface area contributed by atoms with Crippen molar-refractivity contribution in [2.45, 2.75) is 39.0 Å². The number of aromatic nitrogens is 2. The summed E-state index contributed by atoms with van der Waals surface area (Å²) in [4.78, 5) is 12.2. The zero-order valence-corrected chi connectivity index (χ0v) is 14.8. The molecule has 1 heterocycles. The minimum absolute atomic E-state index is 0.143. The maximum Gasteiger partial charge on any atom is 0.272 e. The van der Waals surface area contributed by atoms with Gasteiger partial charge >= 0.3 is 0 Å². The predicted molar refractivity (Wildman–Crippen MR) is 92.2 cm³/mol. The van der Waals surface area contributed by atoms with Crippen LogP contribution >= 0.6 is 15.9 Å². The molecule has 1 unspecified atom stereocenters. The fourth-order valence-corrected chi connectivity index (χ4v) is 3.12. The summed E-state index contributed by atoms with van der Waals surface area (Å²) in [5.74, 6) is 0.562. The Balaban J connectivity index is 1.88. The van der Waals surface area contributed by atoms with Crippen molar-refractivity contribution in [2.75, 3.05) is 6.54 Å². The van der Waals surface area contributed by atoms with Crippen LogP contribution in [0.4, 0.5) is 0 Å². The van der Waals surface area contributed by atoms with Crippen LogP contribution in [0.5, 0.6) is 0 Å². The van der Waals surface area contributed by atoms with Crippen molar-refractivity contribution in [2.24, 2.45) is 0 Å². The molecule has 1 aromatic heterocycles. The quantitative estimate of drug-likeness (QED) is 0.806. The Morgan fingerprint density at radius 1 is 1.27 bits per heavy atom. The molecule has 5 heteroatoms. The lowest BCUT2D eigenvalue weighted by molar-refractivity contribution is 0.0947. The van der Waals surface area contributed by atoms with Crippen molar-refractivity contribution in [1.82, 2.24) is 15.5 Å². The van der Waals surface area contributed by atoms with Crippen LogP contribution in [0, 0.1) is 0 Å². The SMILES string of the molecule is CC(C)c1[nH]nc(C(=O)NCCC(C)c2ccccc2)c1Br. The van der Waals surface area contributed by atoms with Crippen LogP contribution in [0.2, 0.25) is 0 Å². The third kappa shape index (κ3) is 3.97. The molecule has 22 heavy (non-hydrogen) atoms. The Hall–Kier alpha value is -1.62. The summed E-state index contributed by atoms with van der Waals surface area (Å²) < 4.78 is 0.760. The second-order valence-electron chi connectivity index (χ2n) is 5.81. The first-order valence-electron chi connectivity index (χ1n) is 7.57. The molecule has 0 fully saturated rings. The van der Waals surface area contributed by atoms with Gasteiger partial charge in [0.2, 0.25) is 0 Å². The summed E-state index contributed by atoms with van der Waals surface area (Å²) in [5, 5.41) is 9.97. The first-order valence-corrected chi connectivity index (χ1v) is 8.37. The number of nitrogens with one attached hydrogen (secondary N) is 2. The van der Waals surface area contributed by atoms with Crippen LogP contribution in [0.25, 0.3) is 0 Å². The van der Waals surface area contributed by atoms with E-state index >= 15 is 0 Å². The van der Waals surface area contributed by atoms with Crippen LogP contribution in [-0.4, -0.2) is 22.6 Å². The lowest BCUT2D eigenvalue weighted by atomic mass is 9.98. The summed E-state index contributed by atoms with van der Waals surface area (Å²) in [7, 11) is 0. The number of aromatic amines is 1. The lowest BCUT2D eigenvalue weighted by Crippen LogP contribution is -2.26. The highest BCUT2D eigenvalue weighted by Crippen LogP contribution is 2.25. The van der Waals surface area contributed by atoms with Crippen molar-refractivity contribution < 1.29 is 4.79 Å². The minimum Gasteiger partial charge on any atom is -0.351 e. The number of nitrogens with zero attached hydrogens (tertiary/aromatic N) is 1. The highest BCUT2D eigenvalue weighted by molar-refractivity contribution is 9.10. The van der Waals surface area contributed by atoms with Crippen LogP contribution in [-0.2, 0) is 0 Å². The molecule has 0 aliphatic heterocycles. The molecule has 2 rings (SSSR count). The maximum absolute atomic E-state index is 12.2. The number of benzene rings is 1. The molecule has 1 aromatic carbocycles. The number of halogens is 1. The van der Waals surface area contributed by atoms with Gasteiger partial charge in [-0.2, -0.15) is 5.10 Å². The van der Waals surface area contributed by atoms with Gasteiger partial charge in [0.05, 0.1) is 10.2 Å².